The van der Waals surface area contributed by atoms with Crippen molar-refractivity contribution in [2.45, 2.75) is 6.92 Å². The number of para-hydroxylation sites is 1. The maximum atomic E-state index is 9.27. The largest absolute Gasteiger partial charge is 0.353 e. The first-order chi connectivity index (χ1) is 13.7. The minimum Gasteiger partial charge on any atom is -0.353 e. The van der Waals surface area contributed by atoms with Gasteiger partial charge in [-0.2, -0.15) is 10.2 Å². The van der Waals surface area contributed by atoms with E-state index < -0.39 is 0 Å². The Bertz CT molecular complexity index is 991. The zero-order chi connectivity index (χ0) is 19.3. The Kier molecular flexibility index (Phi) is 4.97. The van der Waals surface area contributed by atoms with Gasteiger partial charge in [0.1, 0.15) is 11.9 Å². The molecule has 1 saturated heterocycles. The number of hydrogen-bond donors (Lipinski definition) is 1. The van der Waals surface area contributed by atoms with Crippen LogP contribution in [0.25, 0.3) is 0 Å². The van der Waals surface area contributed by atoms with Crippen LogP contribution in [0, 0.1) is 18.3 Å². The SMILES string of the molecule is Cc1cc(N2CCN(c3ncccn3)CC2)nc(Nc2ccccc2C#N)n1. The number of piperazine rings is 1. The van der Waals surface area contributed by atoms with E-state index in [9.17, 15) is 5.26 Å². The molecule has 1 aromatic carbocycles. The number of nitrogens with one attached hydrogen (secondary N) is 1. The maximum Gasteiger partial charge on any atom is 0.229 e. The van der Waals surface area contributed by atoms with Crippen molar-refractivity contribution in [3.63, 3.8) is 0 Å². The highest BCUT2D eigenvalue weighted by atomic mass is 15.3. The van der Waals surface area contributed by atoms with Gasteiger partial charge in [0, 0.05) is 50.3 Å². The molecule has 0 unspecified atom stereocenters. The summed E-state index contributed by atoms with van der Waals surface area (Å²) in [4.78, 5) is 22.2. The number of aromatic nitrogens is 4. The highest BCUT2D eigenvalue weighted by Gasteiger charge is 2.20. The van der Waals surface area contributed by atoms with Gasteiger partial charge in [-0.25, -0.2) is 15.0 Å². The maximum absolute atomic E-state index is 9.27. The molecule has 0 spiro atoms. The third-order valence-electron chi connectivity index (χ3n) is 4.57. The molecule has 1 aliphatic heterocycles. The quantitative estimate of drug-likeness (QED) is 0.747. The average Bonchev–Trinajstić information content (AvgIpc) is 2.74. The predicted molar refractivity (Wildman–Crippen MR) is 108 cm³/mol. The molecule has 8 nitrogen and oxygen atoms in total. The molecule has 8 heteroatoms. The van der Waals surface area contributed by atoms with Gasteiger partial charge < -0.3 is 15.1 Å². The molecule has 0 bridgehead atoms. The Balaban J connectivity index is 1.50. The number of nitrogens with zero attached hydrogens (tertiary/aromatic N) is 7. The van der Waals surface area contributed by atoms with Gasteiger partial charge in [0.15, 0.2) is 0 Å². The molecule has 3 heterocycles. The summed E-state index contributed by atoms with van der Waals surface area (Å²) in [6.45, 7) is 5.24. The molecule has 1 aliphatic rings. The molecule has 1 N–H and O–H groups in total. The minimum atomic E-state index is 0.492. The van der Waals surface area contributed by atoms with Crippen molar-refractivity contribution in [1.82, 2.24) is 19.9 Å². The van der Waals surface area contributed by atoms with E-state index in [0.29, 0.717) is 17.2 Å². The van der Waals surface area contributed by atoms with Crippen LogP contribution in [0.2, 0.25) is 0 Å². The van der Waals surface area contributed by atoms with Crippen LogP contribution in [-0.4, -0.2) is 46.1 Å². The van der Waals surface area contributed by atoms with E-state index in [-0.39, 0.29) is 0 Å². The molecule has 0 aliphatic carbocycles. The molecule has 2 aromatic heterocycles. The summed E-state index contributed by atoms with van der Waals surface area (Å²) in [5.74, 6) is 2.13. The van der Waals surface area contributed by atoms with Crippen molar-refractivity contribution in [2.24, 2.45) is 0 Å². The van der Waals surface area contributed by atoms with E-state index in [0.717, 1.165) is 43.6 Å². The Morgan fingerprint density at radius 2 is 1.68 bits per heavy atom. The molecule has 0 saturated carbocycles. The van der Waals surface area contributed by atoms with Gasteiger partial charge in [0.05, 0.1) is 11.3 Å². The smallest absolute Gasteiger partial charge is 0.229 e. The monoisotopic (exact) mass is 372 g/mol. The van der Waals surface area contributed by atoms with Crippen molar-refractivity contribution in [3.05, 3.63) is 60.0 Å². The van der Waals surface area contributed by atoms with E-state index in [1.54, 1.807) is 18.5 Å². The van der Waals surface area contributed by atoms with Crippen molar-refractivity contribution < 1.29 is 0 Å². The third kappa shape index (κ3) is 3.83. The second kappa shape index (κ2) is 7.88. The van der Waals surface area contributed by atoms with E-state index >= 15 is 0 Å². The Labute approximate surface area is 163 Å². The van der Waals surface area contributed by atoms with E-state index in [4.69, 9.17) is 0 Å². The highest BCUT2D eigenvalue weighted by molar-refractivity contribution is 5.63. The standard InChI is InChI=1S/C20H20N8/c1-15-13-18(26-19(24-15)25-17-6-3-2-5-16(17)14-21)27-9-11-28(12-10-27)20-22-7-4-8-23-20/h2-8,13H,9-12H2,1H3,(H,24,25,26). The van der Waals surface area contributed by atoms with Gasteiger partial charge in [-0.05, 0) is 25.1 Å². The van der Waals surface area contributed by atoms with Gasteiger partial charge in [0.25, 0.3) is 0 Å². The number of aryl methyl sites for hydroxylation is 1. The molecule has 0 radical (unpaired) electrons. The average molecular weight is 372 g/mol. The molecule has 1 fully saturated rings. The van der Waals surface area contributed by atoms with Crippen LogP contribution >= 0.6 is 0 Å². The fourth-order valence-corrected chi connectivity index (χ4v) is 3.17. The van der Waals surface area contributed by atoms with E-state index in [1.165, 1.54) is 0 Å². The Morgan fingerprint density at radius 1 is 0.964 bits per heavy atom. The summed E-state index contributed by atoms with van der Waals surface area (Å²) in [5, 5.41) is 12.5. The molecular formula is C20H20N8. The Morgan fingerprint density at radius 3 is 2.43 bits per heavy atom. The van der Waals surface area contributed by atoms with Crippen molar-refractivity contribution >= 4 is 23.4 Å². The highest BCUT2D eigenvalue weighted by Crippen LogP contribution is 2.22. The van der Waals surface area contributed by atoms with Crippen molar-refractivity contribution in [1.29, 1.82) is 5.26 Å². The van der Waals surface area contributed by atoms with Crippen LogP contribution in [0.1, 0.15) is 11.3 Å². The minimum absolute atomic E-state index is 0.492. The van der Waals surface area contributed by atoms with Crippen LogP contribution in [0.15, 0.2) is 48.8 Å². The number of hydrogen-bond acceptors (Lipinski definition) is 8. The van der Waals surface area contributed by atoms with Gasteiger partial charge in [-0.1, -0.05) is 12.1 Å². The van der Waals surface area contributed by atoms with Gasteiger partial charge in [0.2, 0.25) is 11.9 Å². The normalized spacial score (nSPS) is 13.9. The summed E-state index contributed by atoms with van der Waals surface area (Å²) in [5.41, 5.74) is 2.13. The predicted octanol–water partition coefficient (Wildman–Crippen LogP) is 2.52. The lowest BCUT2D eigenvalue weighted by atomic mass is 10.2. The van der Waals surface area contributed by atoms with Gasteiger partial charge in [-0.3, -0.25) is 0 Å². The molecular weight excluding hydrogens is 352 g/mol. The zero-order valence-electron chi connectivity index (χ0n) is 15.6. The molecule has 140 valence electrons. The van der Waals surface area contributed by atoms with Crippen molar-refractivity contribution in [3.8, 4) is 6.07 Å². The fraction of sp³-hybridized carbons (Fsp3) is 0.250. The topological polar surface area (TPSA) is 93.9 Å². The summed E-state index contributed by atoms with van der Waals surface area (Å²) >= 11 is 0. The molecule has 4 rings (SSSR count). The lowest BCUT2D eigenvalue weighted by Gasteiger charge is -2.35. The first kappa shape index (κ1) is 17.7. The molecule has 3 aromatic rings. The van der Waals surface area contributed by atoms with E-state index in [1.807, 2.05) is 37.3 Å². The third-order valence-corrected chi connectivity index (χ3v) is 4.57. The summed E-state index contributed by atoms with van der Waals surface area (Å²) in [7, 11) is 0. The fourth-order valence-electron chi connectivity index (χ4n) is 3.17. The van der Waals surface area contributed by atoms with Crippen LogP contribution in [-0.2, 0) is 0 Å². The van der Waals surface area contributed by atoms with E-state index in [2.05, 4.69) is 41.1 Å². The van der Waals surface area contributed by atoms with Gasteiger partial charge >= 0.3 is 0 Å². The second-order valence-corrected chi connectivity index (χ2v) is 6.50. The van der Waals surface area contributed by atoms with Crippen LogP contribution in [0.4, 0.5) is 23.4 Å². The molecule has 28 heavy (non-hydrogen) atoms. The van der Waals surface area contributed by atoms with Crippen LogP contribution < -0.4 is 15.1 Å². The molecule has 0 atom stereocenters. The summed E-state index contributed by atoms with van der Waals surface area (Å²) < 4.78 is 0. The number of benzene rings is 1. The van der Waals surface area contributed by atoms with Gasteiger partial charge in [-0.15, -0.1) is 0 Å². The lowest BCUT2D eigenvalue weighted by molar-refractivity contribution is 0.634. The number of anilines is 4. The number of nitriles is 1. The van der Waals surface area contributed by atoms with Crippen molar-refractivity contribution in [2.75, 3.05) is 41.3 Å². The second-order valence-electron chi connectivity index (χ2n) is 6.50. The summed E-state index contributed by atoms with van der Waals surface area (Å²) in [6, 6.07) is 13.3. The lowest BCUT2D eigenvalue weighted by Crippen LogP contribution is -2.47. The molecule has 0 amide bonds. The van der Waals surface area contributed by atoms with Crippen LogP contribution in [0.5, 0.6) is 0 Å². The Hall–Kier alpha value is -3.73. The number of rotatable bonds is 4. The first-order valence-electron chi connectivity index (χ1n) is 9.12. The summed E-state index contributed by atoms with van der Waals surface area (Å²) in [6.07, 6.45) is 3.53. The van der Waals surface area contributed by atoms with Crippen LogP contribution in [0.3, 0.4) is 0 Å². The first-order valence-corrected chi connectivity index (χ1v) is 9.12. The zero-order valence-corrected chi connectivity index (χ0v) is 15.6.